The second-order valence-corrected chi connectivity index (χ2v) is 15.0. The molecule has 0 spiro atoms. The van der Waals surface area contributed by atoms with Crippen LogP contribution in [0.5, 0.6) is 0 Å². The summed E-state index contributed by atoms with van der Waals surface area (Å²) in [5.74, 6) is -0.790. The highest BCUT2D eigenvalue weighted by molar-refractivity contribution is 6.77. The molecule has 0 aliphatic carbocycles. The van der Waals surface area contributed by atoms with Gasteiger partial charge in [-0.1, -0.05) is 195 Å². The first-order chi connectivity index (χ1) is 20.7. The van der Waals surface area contributed by atoms with E-state index in [1.807, 2.05) is 18.2 Å². The van der Waals surface area contributed by atoms with E-state index >= 15 is 0 Å². The van der Waals surface area contributed by atoms with Crippen molar-refractivity contribution in [3.8, 4) is 0 Å². The number of benzene rings is 3. The molecule has 0 radical (unpaired) electrons. The quantitative estimate of drug-likeness (QED) is 0.0888. The minimum absolute atomic E-state index is 0.0422. The van der Waals surface area contributed by atoms with E-state index in [0.717, 1.165) is 0 Å². The fourth-order valence-corrected chi connectivity index (χ4v) is 2.91. The van der Waals surface area contributed by atoms with E-state index in [1.165, 1.54) is 0 Å². The largest absolute Gasteiger partial charge is 0.383 e. The third-order valence-corrected chi connectivity index (χ3v) is 6.45. The summed E-state index contributed by atoms with van der Waals surface area (Å²) in [4.78, 5) is 11.1. The lowest BCUT2D eigenvalue weighted by molar-refractivity contribution is 1.36. The fourth-order valence-electron chi connectivity index (χ4n) is 2.53. The zero-order valence-electron chi connectivity index (χ0n) is 22.6. The maximum Gasteiger partial charge on any atom is 0.247 e. The van der Waals surface area contributed by atoms with E-state index in [2.05, 4.69) is 15.0 Å². The van der Waals surface area contributed by atoms with Crippen molar-refractivity contribution in [2.45, 2.75) is 11.4 Å². The summed E-state index contributed by atoms with van der Waals surface area (Å²) in [6.07, 6.45) is 0. The summed E-state index contributed by atoms with van der Waals surface area (Å²) in [6, 6.07) is 26.5. The lowest BCUT2D eigenvalue weighted by atomic mass is 10.2. The number of rotatable bonds is 3. The number of hydrogen-bond donors (Lipinski definition) is 6. The first-order valence-corrected chi connectivity index (χ1v) is 15.3. The first kappa shape index (κ1) is 40.7. The second-order valence-electron chi connectivity index (χ2n) is 8.13. The van der Waals surface area contributed by atoms with Gasteiger partial charge in [0.2, 0.25) is 11.4 Å². The molecule has 18 heteroatoms. The fraction of sp³-hybridized carbons (Fsp3) is 0.111. The van der Waals surface area contributed by atoms with Crippen LogP contribution in [-0.2, 0) is 0 Å². The predicted octanol–water partition coefficient (Wildman–Crippen LogP) is 8.22. The van der Waals surface area contributed by atoms with Crippen LogP contribution in [-0.4, -0.2) is 46.4 Å². The molecule has 0 heterocycles. The molecular formula is C27H24Cl9N9. The van der Waals surface area contributed by atoms with E-state index in [9.17, 15) is 0 Å². The summed E-state index contributed by atoms with van der Waals surface area (Å²) in [5.41, 5.74) is 18.0. The van der Waals surface area contributed by atoms with Crippen molar-refractivity contribution < 1.29 is 0 Å². The number of hydrogen-bond acceptors (Lipinski definition) is 3. The summed E-state index contributed by atoms with van der Waals surface area (Å²) in [6.45, 7) is 0. The molecular weight excluding hydrogens is 769 g/mol. The molecule has 0 aliphatic heterocycles. The highest BCUT2D eigenvalue weighted by Crippen LogP contribution is 2.27. The van der Waals surface area contributed by atoms with Crippen molar-refractivity contribution in [3.05, 3.63) is 108 Å². The highest BCUT2D eigenvalue weighted by atomic mass is 35.6. The molecule has 0 atom stereocenters. The molecule has 0 aliphatic rings. The predicted molar refractivity (Wildman–Crippen MR) is 196 cm³/mol. The van der Waals surface area contributed by atoms with Crippen molar-refractivity contribution in [1.29, 1.82) is 16.2 Å². The van der Waals surface area contributed by atoms with E-state index in [1.54, 1.807) is 72.8 Å². The number of nitrogens with zero attached hydrogens (tertiary/aromatic N) is 3. The van der Waals surface area contributed by atoms with Gasteiger partial charge in [-0.2, -0.15) is 0 Å². The van der Waals surface area contributed by atoms with Gasteiger partial charge < -0.3 is 17.2 Å². The molecule has 240 valence electrons. The normalized spacial score (nSPS) is 12.6. The number of alkyl halides is 9. The van der Waals surface area contributed by atoms with Gasteiger partial charge in [-0.15, -0.1) is 0 Å². The topological polar surface area (TPSA) is 187 Å². The van der Waals surface area contributed by atoms with Crippen LogP contribution in [0.15, 0.2) is 106 Å². The molecule has 0 saturated heterocycles. The van der Waals surface area contributed by atoms with Gasteiger partial charge in [-0.05, 0) is 0 Å². The number of amidine groups is 6. The Hall–Kier alpha value is -2.31. The number of halogens is 9. The standard InChI is InChI=1S/3C9H8Cl3N3/c3*10-9(11,12)8(14)15-7(13)6-4-2-1-3-5-6/h3*1-5H,(H3,13,14,15). The third kappa shape index (κ3) is 16.2. The van der Waals surface area contributed by atoms with Crippen LogP contribution >= 0.6 is 104 Å². The molecule has 0 aromatic heterocycles. The Morgan fingerprint density at radius 1 is 0.400 bits per heavy atom. The van der Waals surface area contributed by atoms with Gasteiger partial charge in [0.25, 0.3) is 0 Å². The Balaban J connectivity index is 0.000000337. The van der Waals surface area contributed by atoms with Gasteiger partial charge >= 0.3 is 0 Å². The monoisotopic (exact) mass is 789 g/mol. The van der Waals surface area contributed by atoms with Crippen LogP contribution in [0, 0.1) is 16.2 Å². The average Bonchev–Trinajstić information content (AvgIpc) is 2.97. The molecule has 0 saturated carbocycles. The number of nitrogens with one attached hydrogen (secondary N) is 3. The molecule has 45 heavy (non-hydrogen) atoms. The van der Waals surface area contributed by atoms with E-state index < -0.39 is 11.4 Å². The van der Waals surface area contributed by atoms with Crippen LogP contribution in [0.2, 0.25) is 0 Å². The van der Waals surface area contributed by atoms with E-state index in [0.29, 0.717) is 16.7 Å². The summed E-state index contributed by atoms with van der Waals surface area (Å²) < 4.78 is -5.33. The van der Waals surface area contributed by atoms with Gasteiger partial charge in [0, 0.05) is 16.7 Å². The highest BCUT2D eigenvalue weighted by Gasteiger charge is 2.27. The number of aliphatic imine (C=N–C) groups is 3. The molecule has 3 aromatic rings. The summed E-state index contributed by atoms with van der Waals surface area (Å²) in [5, 5.41) is 22.8. The third-order valence-electron chi connectivity index (χ3n) is 4.71. The Bertz CT molecular complexity index is 1330. The molecule has 9 nitrogen and oxygen atoms in total. The van der Waals surface area contributed by atoms with Crippen molar-refractivity contribution in [2.24, 2.45) is 32.2 Å². The van der Waals surface area contributed by atoms with Gasteiger partial charge in [0.15, 0.2) is 35.0 Å². The molecule has 9 N–H and O–H groups in total. The lowest BCUT2D eigenvalue weighted by Gasteiger charge is -2.09. The van der Waals surface area contributed by atoms with Crippen LogP contribution in [0.4, 0.5) is 0 Å². The second kappa shape index (κ2) is 18.7. The minimum Gasteiger partial charge on any atom is -0.383 e. The van der Waals surface area contributed by atoms with Gasteiger partial charge in [0.1, 0.15) is 0 Å². The maximum absolute atomic E-state index is 7.60. The maximum atomic E-state index is 7.60. The molecule has 0 fully saturated rings. The van der Waals surface area contributed by atoms with Gasteiger partial charge in [-0.25, -0.2) is 15.0 Å². The van der Waals surface area contributed by atoms with Crippen LogP contribution in [0.25, 0.3) is 0 Å². The van der Waals surface area contributed by atoms with Crippen molar-refractivity contribution in [2.75, 3.05) is 0 Å². The molecule has 0 amide bonds. The number of nitrogens with two attached hydrogens (primary N) is 3. The Kier molecular flexibility index (Phi) is 17.0. The SMILES string of the molecule is N=C(N=C(N)C(Cl)(Cl)Cl)c1ccccc1.N=C(N=C(N)C(Cl)(Cl)Cl)c1ccccc1.N=C(N=C(N)C(Cl)(Cl)Cl)c1ccccc1. The Labute approximate surface area is 304 Å². The summed E-state index contributed by atoms with van der Waals surface area (Å²) in [7, 11) is 0. The van der Waals surface area contributed by atoms with Gasteiger partial charge in [0.05, 0.1) is 0 Å². The molecule has 0 bridgehead atoms. The van der Waals surface area contributed by atoms with Crippen LogP contribution in [0.1, 0.15) is 16.7 Å². The van der Waals surface area contributed by atoms with Gasteiger partial charge in [-0.3, -0.25) is 16.2 Å². The molecule has 3 rings (SSSR count). The van der Waals surface area contributed by atoms with E-state index in [4.69, 9.17) is 138 Å². The van der Waals surface area contributed by atoms with Crippen molar-refractivity contribution in [3.63, 3.8) is 0 Å². The van der Waals surface area contributed by atoms with Crippen LogP contribution < -0.4 is 17.2 Å². The van der Waals surface area contributed by atoms with Crippen LogP contribution in [0.3, 0.4) is 0 Å². The van der Waals surface area contributed by atoms with Crippen molar-refractivity contribution in [1.82, 2.24) is 0 Å². The zero-order valence-corrected chi connectivity index (χ0v) is 29.4. The van der Waals surface area contributed by atoms with Crippen molar-refractivity contribution >= 4 is 139 Å². The average molecular weight is 794 g/mol. The molecule has 3 aromatic carbocycles. The summed E-state index contributed by atoms with van der Waals surface area (Å²) >= 11 is 49.4. The first-order valence-electron chi connectivity index (χ1n) is 11.9. The Morgan fingerprint density at radius 3 is 0.733 bits per heavy atom. The molecule has 0 unspecified atom stereocenters. The lowest BCUT2D eigenvalue weighted by Crippen LogP contribution is -2.29. The smallest absolute Gasteiger partial charge is 0.247 e. The Morgan fingerprint density at radius 2 is 0.578 bits per heavy atom. The zero-order chi connectivity index (χ0) is 34.4. The minimum atomic E-state index is -1.78. The van der Waals surface area contributed by atoms with E-state index in [-0.39, 0.29) is 35.0 Å².